The van der Waals surface area contributed by atoms with E-state index in [0.717, 1.165) is 5.69 Å². The molecule has 0 aliphatic rings. The van der Waals surface area contributed by atoms with Crippen LogP contribution in [-0.4, -0.2) is 19.4 Å². The molecule has 0 N–H and O–H groups in total. The molecule has 0 fully saturated rings. The van der Waals surface area contributed by atoms with Gasteiger partial charge in [-0.25, -0.2) is 0 Å². The molecule has 0 aromatic heterocycles. The van der Waals surface area contributed by atoms with Crippen LogP contribution in [0.5, 0.6) is 0 Å². The van der Waals surface area contributed by atoms with Gasteiger partial charge in [0, 0.05) is 23.3 Å². The topological polar surface area (TPSA) is 20.3 Å². The maximum Gasteiger partial charge on any atom is 0.182 e. The van der Waals surface area contributed by atoms with Gasteiger partial charge < -0.3 is 4.90 Å². The van der Waals surface area contributed by atoms with E-state index in [1.54, 1.807) is 24.3 Å². The zero-order valence-electron chi connectivity index (χ0n) is 10.1. The Hall–Kier alpha value is -1.80. The van der Waals surface area contributed by atoms with Crippen LogP contribution in [0.4, 0.5) is 5.69 Å². The summed E-state index contributed by atoms with van der Waals surface area (Å²) >= 11 is 5.80. The summed E-state index contributed by atoms with van der Waals surface area (Å²) in [6.45, 7) is 0.353. The van der Waals surface area contributed by atoms with E-state index in [4.69, 9.17) is 11.6 Å². The Kier molecular flexibility index (Phi) is 4.00. The molecule has 2 aromatic carbocycles. The minimum absolute atomic E-state index is 0.0815. The van der Waals surface area contributed by atoms with E-state index in [-0.39, 0.29) is 5.78 Å². The highest BCUT2D eigenvalue weighted by Crippen LogP contribution is 2.13. The summed E-state index contributed by atoms with van der Waals surface area (Å²) in [7, 11) is 1.91. The number of hydrogen-bond donors (Lipinski definition) is 0. The zero-order chi connectivity index (χ0) is 13.0. The van der Waals surface area contributed by atoms with Gasteiger partial charge in [-0.15, -0.1) is 0 Å². The Morgan fingerprint density at radius 2 is 1.67 bits per heavy atom. The van der Waals surface area contributed by atoms with Gasteiger partial charge in [0.05, 0.1) is 6.54 Å². The summed E-state index contributed by atoms with van der Waals surface area (Å²) in [5.74, 6) is 0.0815. The first kappa shape index (κ1) is 12.7. The molecule has 2 rings (SSSR count). The van der Waals surface area contributed by atoms with Crippen molar-refractivity contribution < 1.29 is 4.79 Å². The van der Waals surface area contributed by atoms with Gasteiger partial charge in [0.15, 0.2) is 5.78 Å². The normalized spacial score (nSPS) is 10.1. The van der Waals surface area contributed by atoms with Crippen molar-refractivity contribution in [1.82, 2.24) is 0 Å². The highest BCUT2D eigenvalue weighted by molar-refractivity contribution is 6.30. The summed E-state index contributed by atoms with van der Waals surface area (Å²) in [4.78, 5) is 14.0. The number of Topliss-reactive ketones (excluding diaryl/α,β-unsaturated/α-hetero) is 1. The molecule has 0 unspecified atom stereocenters. The van der Waals surface area contributed by atoms with Crippen molar-refractivity contribution in [1.29, 1.82) is 0 Å². The van der Waals surface area contributed by atoms with Crippen molar-refractivity contribution in [3.8, 4) is 0 Å². The van der Waals surface area contributed by atoms with E-state index in [0.29, 0.717) is 17.1 Å². The number of para-hydroxylation sites is 1. The van der Waals surface area contributed by atoms with Crippen molar-refractivity contribution in [2.75, 3.05) is 18.5 Å². The molecule has 0 atom stereocenters. The van der Waals surface area contributed by atoms with Gasteiger partial charge in [-0.3, -0.25) is 4.79 Å². The predicted octanol–water partition coefficient (Wildman–Crippen LogP) is 3.66. The van der Waals surface area contributed by atoms with Gasteiger partial charge in [0.25, 0.3) is 0 Å². The molecule has 0 saturated carbocycles. The number of halogens is 1. The van der Waals surface area contributed by atoms with Crippen molar-refractivity contribution in [3.05, 3.63) is 65.2 Å². The number of hydrogen-bond acceptors (Lipinski definition) is 2. The maximum atomic E-state index is 12.1. The van der Waals surface area contributed by atoms with Crippen LogP contribution in [-0.2, 0) is 0 Å². The molecular weight excluding hydrogens is 246 g/mol. The lowest BCUT2D eigenvalue weighted by Gasteiger charge is -2.18. The Morgan fingerprint density at radius 3 is 2.28 bits per heavy atom. The number of likely N-dealkylation sites (N-methyl/N-ethyl adjacent to an activating group) is 1. The van der Waals surface area contributed by atoms with Crippen molar-refractivity contribution in [2.24, 2.45) is 0 Å². The largest absolute Gasteiger partial charge is 0.367 e. The maximum absolute atomic E-state index is 12.1. The molecule has 18 heavy (non-hydrogen) atoms. The summed E-state index contributed by atoms with van der Waals surface area (Å²) in [6, 6.07) is 16.8. The highest BCUT2D eigenvalue weighted by atomic mass is 35.5. The molecule has 2 nitrogen and oxygen atoms in total. The number of rotatable bonds is 4. The molecule has 0 heterocycles. The second-order valence-electron chi connectivity index (χ2n) is 4.12. The number of ketones is 1. The van der Waals surface area contributed by atoms with Gasteiger partial charge in [-0.05, 0) is 36.4 Å². The zero-order valence-corrected chi connectivity index (χ0v) is 10.9. The van der Waals surface area contributed by atoms with Crippen LogP contribution < -0.4 is 4.90 Å². The van der Waals surface area contributed by atoms with Crippen LogP contribution in [0.25, 0.3) is 0 Å². The molecule has 0 aliphatic carbocycles. The molecule has 2 aromatic rings. The Bertz CT molecular complexity index is 522. The summed E-state index contributed by atoms with van der Waals surface area (Å²) in [5, 5.41) is 0.642. The Morgan fingerprint density at radius 1 is 1.06 bits per heavy atom. The van der Waals surface area contributed by atoms with Crippen molar-refractivity contribution >= 4 is 23.1 Å². The summed E-state index contributed by atoms with van der Waals surface area (Å²) in [5.41, 5.74) is 1.71. The monoisotopic (exact) mass is 259 g/mol. The molecule has 0 amide bonds. The Labute approximate surface area is 112 Å². The molecule has 0 spiro atoms. The third-order valence-corrected chi connectivity index (χ3v) is 3.00. The van der Waals surface area contributed by atoms with Crippen LogP contribution in [0.15, 0.2) is 54.6 Å². The lowest BCUT2D eigenvalue weighted by molar-refractivity contribution is 0.100. The van der Waals surface area contributed by atoms with Crippen LogP contribution in [0.3, 0.4) is 0 Å². The number of carbonyl (C=O) groups excluding carboxylic acids is 1. The van der Waals surface area contributed by atoms with Crippen molar-refractivity contribution in [3.63, 3.8) is 0 Å². The van der Waals surface area contributed by atoms with E-state index in [9.17, 15) is 4.79 Å². The molecule has 3 heteroatoms. The lowest BCUT2D eigenvalue weighted by Crippen LogP contribution is -2.25. The second-order valence-corrected chi connectivity index (χ2v) is 4.56. The Balaban J connectivity index is 2.06. The molecular formula is C15H14ClNO. The number of nitrogens with zero attached hydrogens (tertiary/aromatic N) is 1. The minimum Gasteiger partial charge on any atom is -0.367 e. The quantitative estimate of drug-likeness (QED) is 0.781. The summed E-state index contributed by atoms with van der Waals surface area (Å²) < 4.78 is 0. The third kappa shape index (κ3) is 3.11. The van der Waals surface area contributed by atoms with Crippen LogP contribution in [0.1, 0.15) is 10.4 Å². The fourth-order valence-electron chi connectivity index (χ4n) is 1.72. The fraction of sp³-hybridized carbons (Fsp3) is 0.133. The van der Waals surface area contributed by atoms with Crippen LogP contribution in [0.2, 0.25) is 5.02 Å². The lowest BCUT2D eigenvalue weighted by atomic mass is 10.1. The van der Waals surface area contributed by atoms with Gasteiger partial charge >= 0.3 is 0 Å². The van der Waals surface area contributed by atoms with E-state index >= 15 is 0 Å². The number of carbonyl (C=O) groups is 1. The van der Waals surface area contributed by atoms with E-state index in [1.165, 1.54) is 0 Å². The number of benzene rings is 2. The minimum atomic E-state index is 0.0815. The van der Waals surface area contributed by atoms with E-state index in [1.807, 2.05) is 42.3 Å². The predicted molar refractivity (Wildman–Crippen MR) is 75.5 cm³/mol. The number of anilines is 1. The molecule has 0 bridgehead atoms. The average Bonchev–Trinajstić information content (AvgIpc) is 2.40. The first-order chi connectivity index (χ1) is 8.66. The van der Waals surface area contributed by atoms with E-state index < -0.39 is 0 Å². The second kappa shape index (κ2) is 5.69. The fourth-order valence-corrected chi connectivity index (χ4v) is 1.84. The van der Waals surface area contributed by atoms with Crippen LogP contribution >= 0.6 is 11.6 Å². The first-order valence-electron chi connectivity index (χ1n) is 5.72. The van der Waals surface area contributed by atoms with Crippen molar-refractivity contribution in [2.45, 2.75) is 0 Å². The van der Waals surface area contributed by atoms with Gasteiger partial charge in [-0.2, -0.15) is 0 Å². The van der Waals surface area contributed by atoms with Gasteiger partial charge in [0.1, 0.15) is 0 Å². The molecule has 0 saturated heterocycles. The molecule has 0 aliphatic heterocycles. The molecule has 0 radical (unpaired) electrons. The average molecular weight is 260 g/mol. The van der Waals surface area contributed by atoms with Gasteiger partial charge in [-0.1, -0.05) is 29.8 Å². The van der Waals surface area contributed by atoms with Crippen LogP contribution in [0, 0.1) is 0 Å². The smallest absolute Gasteiger partial charge is 0.182 e. The van der Waals surface area contributed by atoms with Gasteiger partial charge in [0.2, 0.25) is 0 Å². The third-order valence-electron chi connectivity index (χ3n) is 2.74. The SMILES string of the molecule is CN(CC(=O)c1ccc(Cl)cc1)c1ccccc1. The standard InChI is InChI=1S/C15H14ClNO/c1-17(14-5-3-2-4-6-14)11-15(18)12-7-9-13(16)10-8-12/h2-10H,11H2,1H3. The first-order valence-corrected chi connectivity index (χ1v) is 6.09. The molecule has 92 valence electrons. The van der Waals surface area contributed by atoms with E-state index in [2.05, 4.69) is 0 Å². The highest BCUT2D eigenvalue weighted by Gasteiger charge is 2.09. The summed E-state index contributed by atoms with van der Waals surface area (Å²) in [6.07, 6.45) is 0.